The van der Waals surface area contributed by atoms with Crippen LogP contribution < -0.4 is 11.1 Å². The highest BCUT2D eigenvalue weighted by atomic mass is 16.5. The van der Waals surface area contributed by atoms with E-state index in [0.29, 0.717) is 0 Å². The van der Waals surface area contributed by atoms with Gasteiger partial charge in [0.05, 0.1) is 17.7 Å². The first-order chi connectivity index (χ1) is 14.3. The molecule has 0 unspecified atom stereocenters. The Hall–Kier alpha value is -3.95. The zero-order chi connectivity index (χ0) is 22.0. The fourth-order valence-corrected chi connectivity index (χ4v) is 3.16. The lowest BCUT2D eigenvalue weighted by Gasteiger charge is -2.13. The Morgan fingerprint density at radius 3 is 2.23 bits per heavy atom. The molecule has 0 saturated carbocycles. The first-order valence-corrected chi connectivity index (χ1v) is 9.11. The van der Waals surface area contributed by atoms with Crippen molar-refractivity contribution in [2.75, 3.05) is 18.5 Å². The van der Waals surface area contributed by atoms with Crippen molar-refractivity contribution in [1.29, 1.82) is 0 Å². The van der Waals surface area contributed by atoms with E-state index in [9.17, 15) is 24.0 Å². The minimum atomic E-state index is -0.981. The fourth-order valence-electron chi connectivity index (χ4n) is 3.16. The van der Waals surface area contributed by atoms with E-state index in [1.807, 2.05) is 0 Å². The average molecular weight is 413 g/mol. The van der Waals surface area contributed by atoms with Gasteiger partial charge in [0.1, 0.15) is 16.9 Å². The van der Waals surface area contributed by atoms with Crippen molar-refractivity contribution < 1.29 is 33.1 Å². The molecule has 0 bridgehead atoms. The van der Waals surface area contributed by atoms with Crippen LogP contribution in [0.4, 0.5) is 5.88 Å². The number of hydrogen-bond donors (Lipinski definition) is 2. The van der Waals surface area contributed by atoms with Crippen LogP contribution in [0, 0.1) is 6.92 Å². The number of benzene rings is 1. The zero-order valence-electron chi connectivity index (χ0n) is 16.3. The molecule has 0 fully saturated rings. The molecule has 2 heterocycles. The van der Waals surface area contributed by atoms with Gasteiger partial charge in [-0.05, 0) is 26.0 Å². The number of carbonyl (C=O) groups is 5. The second kappa shape index (κ2) is 8.19. The van der Waals surface area contributed by atoms with Crippen LogP contribution in [0.1, 0.15) is 60.5 Å². The van der Waals surface area contributed by atoms with Crippen molar-refractivity contribution in [3.8, 4) is 0 Å². The summed E-state index contributed by atoms with van der Waals surface area (Å²) in [6, 6.07) is 6.37. The van der Waals surface area contributed by atoms with Gasteiger partial charge in [0.15, 0.2) is 0 Å². The summed E-state index contributed by atoms with van der Waals surface area (Å²) in [5, 5.41) is 2.36. The number of fused-ring (bicyclic) bond motifs is 1. The maximum absolute atomic E-state index is 12.4. The van der Waals surface area contributed by atoms with Crippen LogP contribution in [0.5, 0.6) is 0 Å². The molecule has 4 amide bonds. The van der Waals surface area contributed by atoms with Crippen molar-refractivity contribution in [2.24, 2.45) is 5.73 Å². The van der Waals surface area contributed by atoms with E-state index in [0.717, 1.165) is 4.90 Å². The number of primary amides is 1. The SMILES string of the molecule is CCOC(=O)c1c(C)oc(NC(=O)CCN2C(=O)c3ccccc3C2=O)c1C(N)=O. The molecule has 3 N–H and O–H groups in total. The van der Waals surface area contributed by atoms with Gasteiger partial charge in [-0.15, -0.1) is 0 Å². The van der Waals surface area contributed by atoms with Crippen molar-refractivity contribution in [2.45, 2.75) is 20.3 Å². The summed E-state index contributed by atoms with van der Waals surface area (Å²) in [6.45, 7) is 2.92. The highest BCUT2D eigenvalue weighted by molar-refractivity contribution is 6.21. The number of imide groups is 1. The van der Waals surface area contributed by atoms with Crippen molar-refractivity contribution >= 4 is 35.5 Å². The van der Waals surface area contributed by atoms with Gasteiger partial charge in [0, 0.05) is 13.0 Å². The number of amides is 4. The van der Waals surface area contributed by atoms with E-state index in [2.05, 4.69) is 5.32 Å². The summed E-state index contributed by atoms with van der Waals surface area (Å²) in [6.07, 6.45) is -0.252. The molecule has 2 aromatic rings. The van der Waals surface area contributed by atoms with Crippen molar-refractivity contribution in [3.05, 3.63) is 52.3 Å². The molecular weight excluding hydrogens is 394 g/mol. The Balaban J connectivity index is 1.72. The van der Waals surface area contributed by atoms with Crippen LogP contribution >= 0.6 is 0 Å². The predicted molar refractivity (Wildman–Crippen MR) is 103 cm³/mol. The van der Waals surface area contributed by atoms with Crippen LogP contribution in [0.15, 0.2) is 28.7 Å². The Morgan fingerprint density at radius 1 is 1.10 bits per heavy atom. The number of carbonyl (C=O) groups excluding carboxylic acids is 5. The van der Waals surface area contributed by atoms with Crippen molar-refractivity contribution in [1.82, 2.24) is 4.90 Å². The Kier molecular flexibility index (Phi) is 5.67. The van der Waals surface area contributed by atoms with Gasteiger partial charge >= 0.3 is 5.97 Å². The second-order valence-electron chi connectivity index (χ2n) is 6.43. The second-order valence-corrected chi connectivity index (χ2v) is 6.43. The van der Waals surface area contributed by atoms with Crippen LogP contribution in [-0.4, -0.2) is 47.6 Å². The molecule has 0 aliphatic carbocycles. The number of hydrogen-bond acceptors (Lipinski definition) is 7. The Bertz CT molecular complexity index is 1040. The number of nitrogens with zero attached hydrogens (tertiary/aromatic N) is 1. The topological polar surface area (TPSA) is 149 Å². The molecule has 3 rings (SSSR count). The number of ether oxygens (including phenoxy) is 1. The molecule has 10 nitrogen and oxygen atoms in total. The minimum Gasteiger partial charge on any atom is -0.462 e. The molecule has 0 saturated heterocycles. The maximum Gasteiger partial charge on any atom is 0.342 e. The molecule has 1 aliphatic heterocycles. The normalized spacial score (nSPS) is 12.7. The summed E-state index contributed by atoms with van der Waals surface area (Å²) in [5.41, 5.74) is 5.42. The number of anilines is 1. The highest BCUT2D eigenvalue weighted by Gasteiger charge is 2.35. The number of nitrogens with one attached hydrogen (secondary N) is 1. The lowest BCUT2D eigenvalue weighted by Crippen LogP contribution is -2.33. The third-order valence-corrected chi connectivity index (χ3v) is 4.50. The highest BCUT2D eigenvalue weighted by Crippen LogP contribution is 2.28. The summed E-state index contributed by atoms with van der Waals surface area (Å²) < 4.78 is 10.2. The van der Waals surface area contributed by atoms with Crippen LogP contribution in [-0.2, 0) is 9.53 Å². The van der Waals surface area contributed by atoms with Gasteiger partial charge in [-0.1, -0.05) is 12.1 Å². The van der Waals surface area contributed by atoms with E-state index in [1.54, 1.807) is 19.1 Å². The van der Waals surface area contributed by atoms with Crippen LogP contribution in [0.2, 0.25) is 0 Å². The average Bonchev–Trinajstić information content (AvgIpc) is 3.15. The monoisotopic (exact) mass is 413 g/mol. The molecule has 1 aromatic heterocycles. The van der Waals surface area contributed by atoms with Gasteiger partial charge in [-0.2, -0.15) is 0 Å². The Morgan fingerprint density at radius 2 is 1.70 bits per heavy atom. The first-order valence-electron chi connectivity index (χ1n) is 9.11. The number of furan rings is 1. The van der Waals surface area contributed by atoms with Gasteiger partial charge in [0.25, 0.3) is 17.7 Å². The zero-order valence-corrected chi connectivity index (χ0v) is 16.3. The smallest absolute Gasteiger partial charge is 0.342 e. The van der Waals surface area contributed by atoms with Crippen molar-refractivity contribution in [3.63, 3.8) is 0 Å². The lowest BCUT2D eigenvalue weighted by atomic mass is 10.1. The number of esters is 1. The summed E-state index contributed by atoms with van der Waals surface area (Å²) in [7, 11) is 0. The van der Waals surface area contributed by atoms with E-state index < -0.39 is 29.6 Å². The van der Waals surface area contributed by atoms with E-state index in [1.165, 1.54) is 19.1 Å². The third-order valence-electron chi connectivity index (χ3n) is 4.50. The fraction of sp³-hybridized carbons (Fsp3) is 0.250. The summed E-state index contributed by atoms with van der Waals surface area (Å²) in [5.74, 6) is -3.64. The largest absolute Gasteiger partial charge is 0.462 e. The van der Waals surface area contributed by atoms with Crippen LogP contribution in [0.25, 0.3) is 0 Å². The third kappa shape index (κ3) is 3.66. The molecule has 30 heavy (non-hydrogen) atoms. The molecule has 0 atom stereocenters. The standard InChI is InChI=1S/C20H19N3O7/c1-3-29-20(28)14-10(2)30-17(15(14)16(21)25)22-13(24)8-9-23-18(26)11-6-4-5-7-12(11)19(23)27/h4-7H,3,8-9H2,1-2H3,(H2,21,25)(H,22,24). The first kappa shape index (κ1) is 20.8. The molecular formula is C20H19N3O7. The predicted octanol–water partition coefficient (Wildman–Crippen LogP) is 1.49. The molecule has 156 valence electrons. The molecule has 0 radical (unpaired) electrons. The maximum atomic E-state index is 12.4. The van der Waals surface area contributed by atoms with Crippen LogP contribution in [0.3, 0.4) is 0 Å². The van der Waals surface area contributed by atoms with E-state index in [-0.39, 0.29) is 53.5 Å². The summed E-state index contributed by atoms with van der Waals surface area (Å²) >= 11 is 0. The lowest BCUT2D eigenvalue weighted by molar-refractivity contribution is -0.116. The number of aryl methyl sites for hydroxylation is 1. The quantitative estimate of drug-likeness (QED) is 0.516. The van der Waals surface area contributed by atoms with Gasteiger partial charge in [0.2, 0.25) is 11.8 Å². The molecule has 10 heteroatoms. The Labute approximate surface area is 170 Å². The molecule has 0 spiro atoms. The molecule has 1 aromatic carbocycles. The number of nitrogens with two attached hydrogens (primary N) is 1. The molecule has 1 aliphatic rings. The summed E-state index contributed by atoms with van der Waals surface area (Å²) in [4.78, 5) is 61.9. The van der Waals surface area contributed by atoms with Gasteiger partial charge in [-0.25, -0.2) is 4.79 Å². The minimum absolute atomic E-state index is 0.0536. The number of rotatable bonds is 7. The van der Waals surface area contributed by atoms with Gasteiger partial charge < -0.3 is 14.9 Å². The van der Waals surface area contributed by atoms with E-state index >= 15 is 0 Å². The van der Waals surface area contributed by atoms with Gasteiger partial charge in [-0.3, -0.25) is 29.4 Å². The van der Waals surface area contributed by atoms with E-state index in [4.69, 9.17) is 14.9 Å².